The van der Waals surface area contributed by atoms with Gasteiger partial charge in [0.1, 0.15) is 24.0 Å². The van der Waals surface area contributed by atoms with E-state index in [1.165, 1.54) is 0 Å². The first kappa shape index (κ1) is 11.5. The van der Waals surface area contributed by atoms with Gasteiger partial charge in [0, 0.05) is 5.02 Å². The number of hydrogen-bond acceptors (Lipinski definition) is 3. The molecule has 1 aromatic carbocycles. The molecule has 0 atom stereocenters. The number of nitrogen functional groups attached to an aromatic ring is 1. The summed E-state index contributed by atoms with van der Waals surface area (Å²) in [6.07, 6.45) is 1.57. The molecule has 0 radical (unpaired) electrons. The summed E-state index contributed by atoms with van der Waals surface area (Å²) in [6, 6.07) is 8.53. The first-order chi connectivity index (χ1) is 8.16. The number of rotatable bonds is 4. The molecule has 0 amide bonds. The number of amidine groups is 1. The van der Waals surface area contributed by atoms with Gasteiger partial charge in [-0.1, -0.05) is 11.6 Å². The Kier molecular flexibility index (Phi) is 3.35. The van der Waals surface area contributed by atoms with Gasteiger partial charge in [0.15, 0.2) is 0 Å². The Morgan fingerprint density at radius 3 is 2.88 bits per heavy atom. The highest BCUT2D eigenvalue weighted by atomic mass is 35.5. The molecule has 0 bridgehead atoms. The molecule has 2 rings (SSSR count). The number of nitrogens with one attached hydrogen (secondary N) is 1. The van der Waals surface area contributed by atoms with Crippen molar-refractivity contribution in [2.75, 3.05) is 0 Å². The van der Waals surface area contributed by atoms with Gasteiger partial charge in [-0.15, -0.1) is 0 Å². The van der Waals surface area contributed by atoms with E-state index in [0.29, 0.717) is 22.1 Å². The van der Waals surface area contributed by atoms with Crippen LogP contribution in [0.3, 0.4) is 0 Å². The van der Waals surface area contributed by atoms with Crippen LogP contribution in [0.5, 0.6) is 5.75 Å². The van der Waals surface area contributed by atoms with Crippen molar-refractivity contribution in [3.05, 3.63) is 52.9 Å². The molecule has 2 aromatic rings. The van der Waals surface area contributed by atoms with Crippen LogP contribution in [0, 0.1) is 5.41 Å². The molecule has 3 N–H and O–H groups in total. The maximum atomic E-state index is 7.43. The normalized spacial score (nSPS) is 10.2. The average Bonchev–Trinajstić information content (AvgIpc) is 2.78. The fourth-order valence-electron chi connectivity index (χ4n) is 1.38. The van der Waals surface area contributed by atoms with Crippen LogP contribution in [0.25, 0.3) is 0 Å². The van der Waals surface area contributed by atoms with Gasteiger partial charge in [0.2, 0.25) is 0 Å². The van der Waals surface area contributed by atoms with Crippen LogP contribution < -0.4 is 10.5 Å². The van der Waals surface area contributed by atoms with Crippen LogP contribution in [-0.2, 0) is 6.61 Å². The predicted molar refractivity (Wildman–Crippen MR) is 65.5 cm³/mol. The molecule has 5 heteroatoms. The lowest BCUT2D eigenvalue weighted by Gasteiger charge is -2.09. The van der Waals surface area contributed by atoms with Gasteiger partial charge in [0.25, 0.3) is 0 Å². The third-order valence-corrected chi connectivity index (χ3v) is 2.42. The zero-order chi connectivity index (χ0) is 12.3. The van der Waals surface area contributed by atoms with E-state index in [1.54, 1.807) is 36.6 Å². The van der Waals surface area contributed by atoms with Gasteiger partial charge < -0.3 is 14.9 Å². The second-order valence-corrected chi connectivity index (χ2v) is 3.86. The molecule has 1 aromatic heterocycles. The summed E-state index contributed by atoms with van der Waals surface area (Å²) < 4.78 is 10.7. The minimum absolute atomic E-state index is 0.0592. The fourth-order valence-corrected chi connectivity index (χ4v) is 1.54. The topological polar surface area (TPSA) is 72.2 Å². The number of hydrogen-bond donors (Lipinski definition) is 2. The Morgan fingerprint density at radius 2 is 2.24 bits per heavy atom. The zero-order valence-corrected chi connectivity index (χ0v) is 9.70. The maximum Gasteiger partial charge on any atom is 0.146 e. The Morgan fingerprint density at radius 1 is 1.41 bits per heavy atom. The van der Waals surface area contributed by atoms with Gasteiger partial charge >= 0.3 is 0 Å². The Hall–Kier alpha value is -1.94. The van der Waals surface area contributed by atoms with Gasteiger partial charge in [-0.05, 0) is 30.3 Å². The molecule has 0 spiro atoms. The monoisotopic (exact) mass is 250 g/mol. The molecule has 0 aliphatic carbocycles. The number of halogens is 1. The van der Waals surface area contributed by atoms with Crippen LogP contribution in [-0.4, -0.2) is 5.84 Å². The van der Waals surface area contributed by atoms with Crippen LogP contribution in [0.1, 0.15) is 11.3 Å². The fraction of sp³-hybridized carbons (Fsp3) is 0.0833. The van der Waals surface area contributed by atoms with Gasteiger partial charge in [-0.25, -0.2) is 0 Å². The summed E-state index contributed by atoms with van der Waals surface area (Å²) in [5, 5.41) is 7.96. The van der Waals surface area contributed by atoms with E-state index in [1.807, 2.05) is 0 Å². The standard InChI is InChI=1S/C12H11ClN2O2/c13-8-3-4-10(12(14)15)11(6-8)17-7-9-2-1-5-16-9/h1-6H,7H2,(H3,14,15). The smallest absolute Gasteiger partial charge is 0.146 e. The van der Waals surface area contributed by atoms with Crippen molar-refractivity contribution < 1.29 is 9.15 Å². The van der Waals surface area contributed by atoms with E-state index in [0.717, 1.165) is 0 Å². The van der Waals surface area contributed by atoms with E-state index >= 15 is 0 Å². The van der Waals surface area contributed by atoms with E-state index in [4.69, 9.17) is 31.9 Å². The number of ether oxygens (including phenoxy) is 1. The SMILES string of the molecule is N=C(N)c1ccc(Cl)cc1OCc1ccco1. The van der Waals surface area contributed by atoms with Crippen molar-refractivity contribution in [2.24, 2.45) is 5.73 Å². The lowest BCUT2D eigenvalue weighted by atomic mass is 10.2. The average molecular weight is 251 g/mol. The molecule has 4 nitrogen and oxygen atoms in total. The summed E-state index contributed by atoms with van der Waals surface area (Å²) in [6.45, 7) is 0.271. The lowest BCUT2D eigenvalue weighted by molar-refractivity contribution is 0.270. The number of furan rings is 1. The minimum Gasteiger partial charge on any atom is -0.485 e. The summed E-state index contributed by atoms with van der Waals surface area (Å²) >= 11 is 5.87. The quantitative estimate of drug-likeness (QED) is 0.647. The van der Waals surface area contributed by atoms with Crippen LogP contribution >= 0.6 is 11.6 Å². The highest BCUT2D eigenvalue weighted by molar-refractivity contribution is 6.30. The molecular formula is C12H11ClN2O2. The largest absolute Gasteiger partial charge is 0.485 e. The Balaban J connectivity index is 2.19. The number of nitrogens with two attached hydrogens (primary N) is 1. The molecule has 0 saturated carbocycles. The molecule has 17 heavy (non-hydrogen) atoms. The molecule has 0 unspecified atom stereocenters. The lowest BCUT2D eigenvalue weighted by Crippen LogP contribution is -2.13. The van der Waals surface area contributed by atoms with Crippen LogP contribution in [0.2, 0.25) is 5.02 Å². The second kappa shape index (κ2) is 4.93. The van der Waals surface area contributed by atoms with Crippen molar-refractivity contribution in [1.29, 1.82) is 5.41 Å². The van der Waals surface area contributed by atoms with E-state index in [9.17, 15) is 0 Å². The van der Waals surface area contributed by atoms with Crippen molar-refractivity contribution in [2.45, 2.75) is 6.61 Å². The minimum atomic E-state index is -0.0592. The zero-order valence-electron chi connectivity index (χ0n) is 8.94. The van der Waals surface area contributed by atoms with Crippen LogP contribution in [0.4, 0.5) is 0 Å². The van der Waals surface area contributed by atoms with Crippen LogP contribution in [0.15, 0.2) is 41.0 Å². The maximum absolute atomic E-state index is 7.43. The summed E-state index contributed by atoms with van der Waals surface area (Å²) in [4.78, 5) is 0. The summed E-state index contributed by atoms with van der Waals surface area (Å²) in [5.74, 6) is 1.11. The van der Waals surface area contributed by atoms with Crippen molar-refractivity contribution in [3.63, 3.8) is 0 Å². The molecule has 1 heterocycles. The van der Waals surface area contributed by atoms with E-state index in [2.05, 4.69) is 0 Å². The predicted octanol–water partition coefficient (Wildman–Crippen LogP) is 2.80. The van der Waals surface area contributed by atoms with Gasteiger partial charge in [-0.3, -0.25) is 5.41 Å². The third kappa shape index (κ3) is 2.79. The van der Waals surface area contributed by atoms with Crippen molar-refractivity contribution >= 4 is 17.4 Å². The molecule has 0 saturated heterocycles. The molecular weight excluding hydrogens is 240 g/mol. The second-order valence-electron chi connectivity index (χ2n) is 3.42. The van der Waals surface area contributed by atoms with Gasteiger partial charge in [-0.2, -0.15) is 0 Å². The van der Waals surface area contributed by atoms with E-state index in [-0.39, 0.29) is 12.4 Å². The Bertz CT molecular complexity index is 523. The highest BCUT2D eigenvalue weighted by Gasteiger charge is 2.08. The first-order valence-corrected chi connectivity index (χ1v) is 5.34. The number of benzene rings is 1. The third-order valence-electron chi connectivity index (χ3n) is 2.18. The summed E-state index contributed by atoms with van der Waals surface area (Å²) in [5.41, 5.74) is 5.97. The summed E-state index contributed by atoms with van der Waals surface area (Å²) in [7, 11) is 0. The molecule has 0 fully saturated rings. The molecule has 0 aliphatic heterocycles. The van der Waals surface area contributed by atoms with E-state index < -0.39 is 0 Å². The van der Waals surface area contributed by atoms with Gasteiger partial charge in [0.05, 0.1) is 11.8 Å². The van der Waals surface area contributed by atoms with Crippen molar-refractivity contribution in [3.8, 4) is 5.75 Å². The Labute approximate surface area is 103 Å². The highest BCUT2D eigenvalue weighted by Crippen LogP contribution is 2.24. The van der Waals surface area contributed by atoms with Crippen molar-refractivity contribution in [1.82, 2.24) is 0 Å². The molecule has 88 valence electrons. The first-order valence-electron chi connectivity index (χ1n) is 4.96. The molecule has 0 aliphatic rings.